The van der Waals surface area contributed by atoms with Crippen LogP contribution in [-0.2, 0) is 16.4 Å². The SMILES string of the molecule is C=CCN(Cc1nc2c(C)c(C)ccc2[nH]1)[C@@H]1CCS(=O)(=O)C1. The standard InChI is InChI=1S/C17H23N3O2S/c1-4-8-20(14-7-9-23(21,22)11-14)10-16-18-15-6-5-12(2)13(3)17(15)19-16/h4-6,14H,1,7-11H2,2-3H3,(H,18,19)/t14-/m1/s1. The number of nitrogens with one attached hydrogen (secondary N) is 1. The first-order chi connectivity index (χ1) is 10.9. The lowest BCUT2D eigenvalue weighted by Crippen LogP contribution is -2.36. The summed E-state index contributed by atoms with van der Waals surface area (Å²) < 4.78 is 23.5. The molecule has 124 valence electrons. The normalized spacial score (nSPS) is 20.4. The van der Waals surface area contributed by atoms with Crippen molar-refractivity contribution in [1.82, 2.24) is 14.9 Å². The number of sulfone groups is 1. The number of nitrogens with zero attached hydrogens (tertiary/aromatic N) is 2. The van der Waals surface area contributed by atoms with Crippen molar-refractivity contribution in [3.05, 3.63) is 41.7 Å². The van der Waals surface area contributed by atoms with Crippen LogP contribution in [0.5, 0.6) is 0 Å². The van der Waals surface area contributed by atoms with E-state index >= 15 is 0 Å². The third kappa shape index (κ3) is 3.33. The molecule has 1 N–H and O–H groups in total. The van der Waals surface area contributed by atoms with E-state index in [-0.39, 0.29) is 17.5 Å². The number of imidazole rings is 1. The minimum atomic E-state index is -2.89. The summed E-state index contributed by atoms with van der Waals surface area (Å²) in [6, 6.07) is 4.19. The Morgan fingerprint density at radius 2 is 2.22 bits per heavy atom. The lowest BCUT2D eigenvalue weighted by Gasteiger charge is -2.25. The molecule has 1 fully saturated rings. The van der Waals surface area contributed by atoms with Gasteiger partial charge in [0.15, 0.2) is 9.84 Å². The monoisotopic (exact) mass is 333 g/mol. The highest BCUT2D eigenvalue weighted by atomic mass is 32.2. The topological polar surface area (TPSA) is 66.1 Å². The number of hydrogen-bond donors (Lipinski definition) is 1. The summed E-state index contributed by atoms with van der Waals surface area (Å²) in [6.45, 7) is 9.23. The molecular formula is C17H23N3O2S. The van der Waals surface area contributed by atoms with Gasteiger partial charge in [0, 0.05) is 12.6 Å². The van der Waals surface area contributed by atoms with E-state index in [0.29, 0.717) is 19.5 Å². The molecule has 1 atom stereocenters. The fourth-order valence-corrected chi connectivity index (χ4v) is 4.97. The number of benzene rings is 1. The van der Waals surface area contributed by atoms with Gasteiger partial charge < -0.3 is 4.98 Å². The molecule has 1 aliphatic rings. The quantitative estimate of drug-likeness (QED) is 0.853. The molecule has 0 unspecified atom stereocenters. The molecule has 3 rings (SSSR count). The molecule has 0 spiro atoms. The van der Waals surface area contributed by atoms with Crippen LogP contribution in [0.1, 0.15) is 23.4 Å². The van der Waals surface area contributed by atoms with Crippen molar-refractivity contribution in [2.24, 2.45) is 0 Å². The molecule has 0 amide bonds. The summed E-state index contributed by atoms with van der Waals surface area (Å²) >= 11 is 0. The highest BCUT2D eigenvalue weighted by Crippen LogP contribution is 2.22. The Balaban J connectivity index is 1.86. The highest BCUT2D eigenvalue weighted by molar-refractivity contribution is 7.91. The maximum absolute atomic E-state index is 11.7. The van der Waals surface area contributed by atoms with E-state index in [4.69, 9.17) is 4.98 Å². The third-order valence-corrected chi connectivity index (χ3v) is 6.42. The van der Waals surface area contributed by atoms with Gasteiger partial charge in [-0.15, -0.1) is 6.58 Å². The summed E-state index contributed by atoms with van der Waals surface area (Å²) in [7, 11) is -2.89. The second-order valence-electron chi connectivity index (χ2n) is 6.36. The largest absolute Gasteiger partial charge is 0.341 e. The van der Waals surface area contributed by atoms with Gasteiger partial charge in [0.2, 0.25) is 0 Å². The second-order valence-corrected chi connectivity index (χ2v) is 8.59. The zero-order valence-electron chi connectivity index (χ0n) is 13.7. The van der Waals surface area contributed by atoms with Gasteiger partial charge in [-0.3, -0.25) is 4.90 Å². The van der Waals surface area contributed by atoms with Crippen molar-refractivity contribution in [2.75, 3.05) is 18.1 Å². The predicted octanol–water partition coefficient (Wildman–Crippen LogP) is 2.35. The minimum Gasteiger partial charge on any atom is -0.341 e. The molecule has 5 nitrogen and oxygen atoms in total. The van der Waals surface area contributed by atoms with Crippen molar-refractivity contribution in [2.45, 2.75) is 32.9 Å². The number of aryl methyl sites for hydroxylation is 2. The predicted molar refractivity (Wildman–Crippen MR) is 93.2 cm³/mol. The molecule has 6 heteroatoms. The number of rotatable bonds is 5. The van der Waals surface area contributed by atoms with Crippen LogP contribution >= 0.6 is 0 Å². The molecule has 1 aromatic carbocycles. The van der Waals surface area contributed by atoms with Crippen molar-refractivity contribution in [1.29, 1.82) is 0 Å². The number of aromatic nitrogens is 2. The van der Waals surface area contributed by atoms with Gasteiger partial charge in [0.1, 0.15) is 5.82 Å². The Hall–Kier alpha value is -1.66. The summed E-state index contributed by atoms with van der Waals surface area (Å²) in [6.07, 6.45) is 2.51. The second kappa shape index (κ2) is 6.09. The van der Waals surface area contributed by atoms with Gasteiger partial charge in [-0.2, -0.15) is 0 Å². The van der Waals surface area contributed by atoms with E-state index < -0.39 is 9.84 Å². The summed E-state index contributed by atoms with van der Waals surface area (Å²) in [5.74, 6) is 1.39. The number of hydrogen-bond acceptors (Lipinski definition) is 4. The molecular weight excluding hydrogens is 310 g/mol. The Bertz CT molecular complexity index is 839. The Morgan fingerprint density at radius 3 is 2.87 bits per heavy atom. The number of H-pyrrole nitrogens is 1. The van der Waals surface area contributed by atoms with Crippen molar-refractivity contribution < 1.29 is 8.42 Å². The summed E-state index contributed by atoms with van der Waals surface area (Å²) in [5.41, 5.74) is 4.43. The van der Waals surface area contributed by atoms with E-state index in [0.717, 1.165) is 16.9 Å². The number of fused-ring (bicyclic) bond motifs is 1. The third-order valence-electron chi connectivity index (χ3n) is 4.67. The van der Waals surface area contributed by atoms with E-state index in [1.165, 1.54) is 11.1 Å². The first-order valence-electron chi connectivity index (χ1n) is 7.90. The van der Waals surface area contributed by atoms with E-state index in [9.17, 15) is 8.42 Å². The van der Waals surface area contributed by atoms with E-state index in [1.54, 1.807) is 0 Å². The Labute approximate surface area is 137 Å². The first kappa shape index (κ1) is 16.2. The van der Waals surface area contributed by atoms with Crippen molar-refractivity contribution in [3.8, 4) is 0 Å². The molecule has 0 radical (unpaired) electrons. The van der Waals surface area contributed by atoms with Crippen LogP contribution in [0.15, 0.2) is 24.8 Å². The molecule has 0 bridgehead atoms. The molecule has 23 heavy (non-hydrogen) atoms. The van der Waals surface area contributed by atoms with Crippen molar-refractivity contribution >= 4 is 20.9 Å². The van der Waals surface area contributed by atoms with E-state index in [1.807, 2.05) is 12.1 Å². The van der Waals surface area contributed by atoms with Crippen LogP contribution in [0.3, 0.4) is 0 Å². The van der Waals surface area contributed by atoms with Gasteiger partial charge in [0.05, 0.1) is 29.1 Å². The Kier molecular flexibility index (Phi) is 4.29. The van der Waals surface area contributed by atoms with Crippen LogP contribution in [-0.4, -0.2) is 47.4 Å². The fraction of sp³-hybridized carbons (Fsp3) is 0.471. The lowest BCUT2D eigenvalue weighted by atomic mass is 10.1. The first-order valence-corrected chi connectivity index (χ1v) is 9.72. The zero-order chi connectivity index (χ0) is 16.6. The van der Waals surface area contributed by atoms with Crippen LogP contribution in [0, 0.1) is 13.8 Å². The molecule has 0 aliphatic carbocycles. The van der Waals surface area contributed by atoms with Crippen LogP contribution in [0.25, 0.3) is 11.0 Å². The highest BCUT2D eigenvalue weighted by Gasteiger charge is 2.32. The minimum absolute atomic E-state index is 0.0500. The molecule has 2 aromatic rings. The summed E-state index contributed by atoms with van der Waals surface area (Å²) in [5, 5.41) is 0. The van der Waals surface area contributed by atoms with Gasteiger partial charge in [-0.25, -0.2) is 13.4 Å². The molecule has 0 saturated carbocycles. The number of aromatic amines is 1. The van der Waals surface area contributed by atoms with Gasteiger partial charge >= 0.3 is 0 Å². The molecule has 1 aromatic heterocycles. The van der Waals surface area contributed by atoms with E-state index in [2.05, 4.69) is 36.4 Å². The molecule has 1 aliphatic heterocycles. The average molecular weight is 333 g/mol. The van der Waals surface area contributed by atoms with Crippen molar-refractivity contribution in [3.63, 3.8) is 0 Å². The summed E-state index contributed by atoms with van der Waals surface area (Å²) in [4.78, 5) is 10.2. The molecule has 1 saturated heterocycles. The van der Waals surface area contributed by atoms with Gasteiger partial charge in [0.25, 0.3) is 0 Å². The fourth-order valence-electron chi connectivity index (χ4n) is 3.20. The maximum atomic E-state index is 11.7. The average Bonchev–Trinajstić information content (AvgIpc) is 3.06. The van der Waals surface area contributed by atoms with Crippen LogP contribution < -0.4 is 0 Å². The van der Waals surface area contributed by atoms with Crippen LogP contribution in [0.4, 0.5) is 0 Å². The van der Waals surface area contributed by atoms with Gasteiger partial charge in [-0.05, 0) is 37.5 Å². The van der Waals surface area contributed by atoms with Gasteiger partial charge in [-0.1, -0.05) is 12.1 Å². The van der Waals surface area contributed by atoms with Crippen LogP contribution in [0.2, 0.25) is 0 Å². The zero-order valence-corrected chi connectivity index (χ0v) is 14.5. The lowest BCUT2D eigenvalue weighted by molar-refractivity contribution is 0.222. The molecule has 2 heterocycles. The Morgan fingerprint density at radius 1 is 1.43 bits per heavy atom. The maximum Gasteiger partial charge on any atom is 0.151 e. The smallest absolute Gasteiger partial charge is 0.151 e.